The smallest absolute Gasteiger partial charge is 0.253 e. The molecular formula is C15H18ClN3O2. The zero-order valence-corrected chi connectivity index (χ0v) is 12.9. The molecule has 0 radical (unpaired) electrons. The summed E-state index contributed by atoms with van der Waals surface area (Å²) in [4.78, 5) is 14.1. The Kier molecular flexibility index (Phi) is 4.65. The Labute approximate surface area is 129 Å². The van der Waals surface area contributed by atoms with Crippen LogP contribution in [0, 0.1) is 6.92 Å². The highest BCUT2D eigenvalue weighted by Gasteiger charge is 2.17. The van der Waals surface area contributed by atoms with Crippen LogP contribution in [0.3, 0.4) is 0 Å². The highest BCUT2D eigenvalue weighted by molar-refractivity contribution is 5.94. The van der Waals surface area contributed by atoms with Gasteiger partial charge >= 0.3 is 0 Å². The van der Waals surface area contributed by atoms with Crippen LogP contribution in [0.5, 0.6) is 0 Å². The summed E-state index contributed by atoms with van der Waals surface area (Å²) in [7, 11) is 1.78. The van der Waals surface area contributed by atoms with E-state index in [1.165, 1.54) is 11.1 Å². The summed E-state index contributed by atoms with van der Waals surface area (Å²) in [6.07, 6.45) is 0. The van der Waals surface area contributed by atoms with Crippen LogP contribution in [-0.2, 0) is 19.6 Å². The topological polar surface area (TPSA) is 58.4 Å². The van der Waals surface area contributed by atoms with Gasteiger partial charge in [0.25, 0.3) is 5.91 Å². The predicted octanol–water partition coefficient (Wildman–Crippen LogP) is 2.28. The summed E-state index contributed by atoms with van der Waals surface area (Å²) in [6.45, 7) is 4.01. The van der Waals surface area contributed by atoms with Crippen molar-refractivity contribution >= 4 is 18.3 Å². The number of carbonyl (C=O) groups is 1. The number of amides is 1. The van der Waals surface area contributed by atoms with Gasteiger partial charge in [0, 0.05) is 31.8 Å². The summed E-state index contributed by atoms with van der Waals surface area (Å²) < 4.78 is 5.02. The van der Waals surface area contributed by atoms with Crippen molar-refractivity contribution in [3.05, 3.63) is 52.4 Å². The maximum atomic E-state index is 12.4. The average Bonchev–Trinajstić information content (AvgIpc) is 3.05. The van der Waals surface area contributed by atoms with E-state index in [0.29, 0.717) is 6.54 Å². The van der Waals surface area contributed by atoms with Crippen LogP contribution in [-0.4, -0.2) is 23.0 Å². The van der Waals surface area contributed by atoms with E-state index in [9.17, 15) is 4.79 Å². The average molecular weight is 308 g/mol. The number of aryl methyl sites for hydroxylation is 1. The van der Waals surface area contributed by atoms with Gasteiger partial charge in [0.05, 0.1) is 6.54 Å². The van der Waals surface area contributed by atoms with E-state index in [1.54, 1.807) is 11.9 Å². The number of rotatable bonds is 3. The third-order valence-corrected chi connectivity index (χ3v) is 3.51. The molecule has 1 amide bonds. The van der Waals surface area contributed by atoms with Crippen molar-refractivity contribution in [2.45, 2.75) is 26.6 Å². The Bertz CT molecular complexity index is 654. The van der Waals surface area contributed by atoms with Gasteiger partial charge in [-0.3, -0.25) is 4.79 Å². The number of hydrogen-bond acceptors (Lipinski definition) is 4. The molecule has 0 fully saturated rings. The molecule has 1 aromatic carbocycles. The van der Waals surface area contributed by atoms with Crippen molar-refractivity contribution in [2.24, 2.45) is 0 Å². The molecule has 5 nitrogen and oxygen atoms in total. The molecule has 0 unspecified atom stereocenters. The lowest BCUT2D eigenvalue weighted by Gasteiger charge is -2.16. The lowest BCUT2D eigenvalue weighted by Crippen LogP contribution is -2.26. The molecule has 0 atom stereocenters. The van der Waals surface area contributed by atoms with Crippen LogP contribution in [0.2, 0.25) is 0 Å². The Morgan fingerprint density at radius 1 is 1.33 bits per heavy atom. The highest BCUT2D eigenvalue weighted by Crippen LogP contribution is 2.18. The van der Waals surface area contributed by atoms with Gasteiger partial charge in [0.1, 0.15) is 11.5 Å². The van der Waals surface area contributed by atoms with E-state index in [4.69, 9.17) is 4.52 Å². The van der Waals surface area contributed by atoms with Crippen LogP contribution in [0.25, 0.3) is 0 Å². The Hall–Kier alpha value is -1.85. The minimum absolute atomic E-state index is 0. The first-order valence-electron chi connectivity index (χ1n) is 6.63. The Morgan fingerprint density at radius 2 is 2.10 bits per heavy atom. The van der Waals surface area contributed by atoms with Gasteiger partial charge in [-0.1, -0.05) is 11.2 Å². The minimum Gasteiger partial charge on any atom is -0.361 e. The molecule has 112 valence electrons. The maximum Gasteiger partial charge on any atom is 0.253 e. The minimum atomic E-state index is 0. The van der Waals surface area contributed by atoms with Crippen molar-refractivity contribution in [1.29, 1.82) is 0 Å². The SMILES string of the molecule is Cc1cc(CN(C)C(=O)c2ccc3c(c2)CNC3)no1.Cl. The van der Waals surface area contributed by atoms with Crippen molar-refractivity contribution < 1.29 is 9.32 Å². The van der Waals surface area contributed by atoms with Crippen molar-refractivity contribution in [2.75, 3.05) is 7.05 Å². The quantitative estimate of drug-likeness (QED) is 0.945. The van der Waals surface area contributed by atoms with Crippen LogP contribution < -0.4 is 5.32 Å². The van der Waals surface area contributed by atoms with E-state index < -0.39 is 0 Å². The highest BCUT2D eigenvalue weighted by atomic mass is 35.5. The second-order valence-corrected chi connectivity index (χ2v) is 5.18. The van der Waals surface area contributed by atoms with E-state index in [1.807, 2.05) is 31.2 Å². The van der Waals surface area contributed by atoms with E-state index in [-0.39, 0.29) is 18.3 Å². The predicted molar refractivity (Wildman–Crippen MR) is 81.3 cm³/mol. The van der Waals surface area contributed by atoms with Crippen molar-refractivity contribution in [1.82, 2.24) is 15.4 Å². The van der Waals surface area contributed by atoms with E-state index in [0.717, 1.165) is 30.1 Å². The first-order chi connectivity index (χ1) is 9.63. The summed E-state index contributed by atoms with van der Waals surface area (Å²) >= 11 is 0. The molecule has 0 aliphatic carbocycles. The molecule has 2 aromatic rings. The van der Waals surface area contributed by atoms with E-state index >= 15 is 0 Å². The van der Waals surface area contributed by atoms with Crippen LogP contribution in [0.1, 0.15) is 32.9 Å². The number of halogens is 1. The van der Waals surface area contributed by atoms with Gasteiger partial charge in [-0.15, -0.1) is 12.4 Å². The number of aromatic nitrogens is 1. The molecule has 0 bridgehead atoms. The molecule has 3 rings (SSSR count). The number of carbonyl (C=O) groups excluding carboxylic acids is 1. The first kappa shape index (κ1) is 15.5. The fraction of sp³-hybridized carbons (Fsp3) is 0.333. The van der Waals surface area contributed by atoms with Crippen molar-refractivity contribution in [3.8, 4) is 0 Å². The molecule has 0 saturated carbocycles. The van der Waals surface area contributed by atoms with Gasteiger partial charge < -0.3 is 14.7 Å². The lowest BCUT2D eigenvalue weighted by molar-refractivity contribution is 0.0782. The summed E-state index contributed by atoms with van der Waals surface area (Å²) in [6, 6.07) is 7.73. The molecule has 1 aliphatic rings. The second-order valence-electron chi connectivity index (χ2n) is 5.18. The number of hydrogen-bond donors (Lipinski definition) is 1. The van der Waals surface area contributed by atoms with Gasteiger partial charge in [0.2, 0.25) is 0 Å². The molecule has 0 spiro atoms. The molecule has 6 heteroatoms. The zero-order valence-electron chi connectivity index (χ0n) is 12.0. The summed E-state index contributed by atoms with van der Waals surface area (Å²) in [5, 5.41) is 7.19. The van der Waals surface area contributed by atoms with Crippen LogP contribution in [0.4, 0.5) is 0 Å². The Morgan fingerprint density at radius 3 is 2.81 bits per heavy atom. The van der Waals surface area contributed by atoms with Gasteiger partial charge in [-0.25, -0.2) is 0 Å². The number of fused-ring (bicyclic) bond motifs is 1. The molecule has 1 aromatic heterocycles. The molecule has 21 heavy (non-hydrogen) atoms. The van der Waals surface area contributed by atoms with Crippen LogP contribution >= 0.6 is 12.4 Å². The molecule has 1 aliphatic heterocycles. The maximum absolute atomic E-state index is 12.4. The fourth-order valence-electron chi connectivity index (χ4n) is 2.46. The van der Waals surface area contributed by atoms with Crippen LogP contribution in [0.15, 0.2) is 28.8 Å². The third kappa shape index (κ3) is 3.25. The standard InChI is InChI=1S/C15H17N3O2.ClH/c1-10-5-14(17-20-10)9-18(2)15(19)11-3-4-12-7-16-8-13(12)6-11;/h3-6,16H,7-9H2,1-2H3;1H. The zero-order chi connectivity index (χ0) is 14.1. The molecule has 1 N–H and O–H groups in total. The Balaban J connectivity index is 0.00000161. The van der Waals surface area contributed by atoms with Gasteiger partial charge in [-0.2, -0.15) is 0 Å². The second kappa shape index (κ2) is 6.28. The van der Waals surface area contributed by atoms with Crippen molar-refractivity contribution in [3.63, 3.8) is 0 Å². The third-order valence-electron chi connectivity index (χ3n) is 3.51. The molecule has 2 heterocycles. The van der Waals surface area contributed by atoms with Gasteiger partial charge in [0.15, 0.2) is 0 Å². The lowest BCUT2D eigenvalue weighted by atomic mass is 10.1. The monoisotopic (exact) mass is 307 g/mol. The summed E-state index contributed by atoms with van der Waals surface area (Å²) in [5.41, 5.74) is 3.97. The normalized spacial score (nSPS) is 12.7. The number of benzene rings is 1. The largest absolute Gasteiger partial charge is 0.361 e. The summed E-state index contributed by atoms with van der Waals surface area (Å²) in [5.74, 6) is 0.754. The fourth-order valence-corrected chi connectivity index (χ4v) is 2.46. The molecular weight excluding hydrogens is 290 g/mol. The first-order valence-corrected chi connectivity index (χ1v) is 6.63. The van der Waals surface area contributed by atoms with E-state index in [2.05, 4.69) is 10.5 Å². The molecule has 0 saturated heterocycles. The number of nitrogens with one attached hydrogen (secondary N) is 1. The van der Waals surface area contributed by atoms with Gasteiger partial charge in [-0.05, 0) is 30.2 Å². The number of nitrogens with zero attached hydrogens (tertiary/aromatic N) is 2.